The van der Waals surface area contributed by atoms with Crippen LogP contribution in [0.3, 0.4) is 0 Å². The van der Waals surface area contributed by atoms with Gasteiger partial charge in [0.25, 0.3) is 17.5 Å². The summed E-state index contributed by atoms with van der Waals surface area (Å²) in [6.07, 6.45) is 3.40. The first-order valence-electron chi connectivity index (χ1n) is 8.69. The van der Waals surface area contributed by atoms with E-state index >= 15 is 0 Å². The number of hydrogen-bond acceptors (Lipinski definition) is 6. The zero-order valence-electron chi connectivity index (χ0n) is 15.0. The summed E-state index contributed by atoms with van der Waals surface area (Å²) >= 11 is 4.80. The van der Waals surface area contributed by atoms with Crippen molar-refractivity contribution in [2.75, 3.05) is 11.4 Å². The van der Waals surface area contributed by atoms with Gasteiger partial charge in [0.1, 0.15) is 5.57 Å². The first-order chi connectivity index (χ1) is 12.8. The number of thiocarbonyl (C=S) groups is 1. The topological polar surface area (TPSA) is 105 Å². The molecule has 1 aromatic carbocycles. The number of carbonyl (C=O) groups excluding carboxylic acids is 2. The second-order valence-electron chi connectivity index (χ2n) is 6.97. The molecule has 0 aromatic heterocycles. The van der Waals surface area contributed by atoms with Crippen LogP contribution in [0.25, 0.3) is 6.08 Å². The van der Waals surface area contributed by atoms with E-state index in [1.807, 2.05) is 0 Å². The van der Waals surface area contributed by atoms with Crippen molar-refractivity contribution in [3.8, 4) is 0 Å². The monoisotopic (exact) mass is 388 g/mol. The van der Waals surface area contributed by atoms with Crippen LogP contribution in [0.4, 0.5) is 11.4 Å². The first kappa shape index (κ1) is 19.0. The lowest BCUT2D eigenvalue weighted by Crippen LogP contribution is -2.51. The van der Waals surface area contributed by atoms with Crippen molar-refractivity contribution < 1.29 is 14.5 Å². The van der Waals surface area contributed by atoms with E-state index in [1.54, 1.807) is 6.07 Å². The van der Waals surface area contributed by atoms with Crippen LogP contribution >= 0.6 is 12.2 Å². The molecule has 0 aliphatic carbocycles. The van der Waals surface area contributed by atoms with E-state index in [0.29, 0.717) is 11.5 Å². The number of rotatable bonds is 3. The Labute approximate surface area is 161 Å². The summed E-state index contributed by atoms with van der Waals surface area (Å²) in [5.41, 5.74) is 0.985. The predicted molar refractivity (Wildman–Crippen MR) is 105 cm³/mol. The average molecular weight is 388 g/mol. The molecule has 2 saturated heterocycles. The lowest BCUT2D eigenvalue weighted by molar-refractivity contribution is -0.384. The summed E-state index contributed by atoms with van der Waals surface area (Å²) in [5.74, 6) is -0.643. The van der Waals surface area contributed by atoms with Gasteiger partial charge in [-0.15, -0.1) is 0 Å². The minimum absolute atomic E-state index is 0.0555. The molecule has 2 N–H and O–H groups in total. The summed E-state index contributed by atoms with van der Waals surface area (Å²) in [6, 6.07) is 4.76. The summed E-state index contributed by atoms with van der Waals surface area (Å²) in [7, 11) is 0. The largest absolute Gasteiger partial charge is 0.368 e. The number of amides is 2. The summed E-state index contributed by atoms with van der Waals surface area (Å²) in [4.78, 5) is 37.2. The van der Waals surface area contributed by atoms with Crippen molar-refractivity contribution in [3.63, 3.8) is 0 Å². The molecule has 0 saturated carbocycles. The lowest BCUT2D eigenvalue weighted by atomic mass is 9.92. The molecule has 0 spiro atoms. The van der Waals surface area contributed by atoms with Crippen molar-refractivity contribution in [2.24, 2.45) is 5.92 Å². The van der Waals surface area contributed by atoms with Gasteiger partial charge >= 0.3 is 0 Å². The highest BCUT2D eigenvalue weighted by Crippen LogP contribution is 2.33. The molecular formula is C18H20N4O4S. The van der Waals surface area contributed by atoms with Gasteiger partial charge < -0.3 is 4.90 Å². The maximum absolute atomic E-state index is 12.2. The van der Waals surface area contributed by atoms with Gasteiger partial charge in [-0.2, -0.15) is 0 Å². The fraction of sp³-hybridized carbons (Fsp3) is 0.389. The molecule has 0 bridgehead atoms. The van der Waals surface area contributed by atoms with Crippen LogP contribution in [0.15, 0.2) is 23.8 Å². The van der Waals surface area contributed by atoms with Crippen LogP contribution < -0.4 is 15.5 Å². The Morgan fingerprint density at radius 3 is 2.52 bits per heavy atom. The molecular weight excluding hydrogens is 368 g/mol. The summed E-state index contributed by atoms with van der Waals surface area (Å²) < 4.78 is 0. The summed E-state index contributed by atoms with van der Waals surface area (Å²) in [6.45, 7) is 5.11. The molecule has 2 aliphatic heterocycles. The van der Waals surface area contributed by atoms with E-state index in [1.165, 1.54) is 18.2 Å². The average Bonchev–Trinajstić information content (AvgIpc) is 2.58. The molecule has 2 fully saturated rings. The van der Waals surface area contributed by atoms with E-state index in [4.69, 9.17) is 12.2 Å². The third-order valence-corrected chi connectivity index (χ3v) is 5.12. The fourth-order valence-electron chi connectivity index (χ4n) is 3.56. The van der Waals surface area contributed by atoms with Gasteiger partial charge in [0, 0.05) is 36.0 Å². The molecule has 2 aliphatic rings. The maximum atomic E-state index is 12.2. The minimum atomic E-state index is -0.624. The van der Waals surface area contributed by atoms with Crippen LogP contribution in [0.5, 0.6) is 0 Å². The zero-order chi connectivity index (χ0) is 19.7. The number of nitro benzene ring substituents is 1. The molecule has 0 radical (unpaired) electrons. The van der Waals surface area contributed by atoms with Crippen molar-refractivity contribution in [3.05, 3.63) is 39.4 Å². The lowest BCUT2D eigenvalue weighted by Gasteiger charge is -2.39. The maximum Gasteiger partial charge on any atom is 0.270 e. The number of benzene rings is 1. The highest BCUT2D eigenvalue weighted by molar-refractivity contribution is 7.80. The third kappa shape index (κ3) is 3.97. The Balaban J connectivity index is 2.06. The normalized spacial score (nSPS) is 23.0. The van der Waals surface area contributed by atoms with Gasteiger partial charge in [-0.3, -0.25) is 30.3 Å². The number of piperidine rings is 1. The van der Waals surface area contributed by atoms with E-state index in [9.17, 15) is 19.7 Å². The van der Waals surface area contributed by atoms with Gasteiger partial charge in [0.05, 0.1) is 4.92 Å². The van der Waals surface area contributed by atoms with E-state index in [-0.39, 0.29) is 22.4 Å². The molecule has 0 unspecified atom stereocenters. The number of anilines is 1. The number of hydrogen-bond donors (Lipinski definition) is 2. The highest BCUT2D eigenvalue weighted by Gasteiger charge is 2.29. The number of nitrogens with zero attached hydrogens (tertiary/aromatic N) is 2. The second-order valence-corrected chi connectivity index (χ2v) is 7.38. The number of nitrogens with one attached hydrogen (secondary N) is 2. The SMILES string of the molecule is C[C@H]1CCN(c2ccc([N+](=O)[O-])cc2C=C2C(=O)NC(=S)NC2=O)[C@H](C)C1. The Bertz CT molecular complexity index is 845. The number of non-ortho nitro benzene ring substituents is 1. The molecule has 9 heteroatoms. The first-order valence-corrected chi connectivity index (χ1v) is 9.10. The quantitative estimate of drug-likeness (QED) is 0.270. The van der Waals surface area contributed by atoms with E-state index in [2.05, 4.69) is 29.4 Å². The summed E-state index contributed by atoms with van der Waals surface area (Å²) in [5, 5.41) is 15.9. The van der Waals surface area contributed by atoms with Crippen LogP contribution in [-0.4, -0.2) is 34.4 Å². The molecule has 8 nitrogen and oxygen atoms in total. The Hall–Kier alpha value is -2.81. The van der Waals surface area contributed by atoms with Gasteiger partial charge in [-0.25, -0.2) is 0 Å². The van der Waals surface area contributed by atoms with Crippen LogP contribution in [-0.2, 0) is 9.59 Å². The van der Waals surface area contributed by atoms with Crippen LogP contribution in [0.2, 0.25) is 0 Å². The molecule has 1 aromatic rings. The molecule has 2 heterocycles. The Morgan fingerprint density at radius 2 is 1.93 bits per heavy atom. The van der Waals surface area contributed by atoms with Gasteiger partial charge in [0.15, 0.2) is 5.11 Å². The van der Waals surface area contributed by atoms with E-state index in [0.717, 1.165) is 25.1 Å². The van der Waals surface area contributed by atoms with Gasteiger partial charge in [0.2, 0.25) is 0 Å². The molecule has 2 amide bonds. The molecule has 3 rings (SSSR count). The number of carbonyl (C=O) groups is 2. The second kappa shape index (κ2) is 7.43. The van der Waals surface area contributed by atoms with E-state index < -0.39 is 16.7 Å². The predicted octanol–water partition coefficient (Wildman–Crippen LogP) is 2.13. The number of nitro groups is 1. The smallest absolute Gasteiger partial charge is 0.270 e. The van der Waals surface area contributed by atoms with Crippen LogP contribution in [0.1, 0.15) is 32.3 Å². The van der Waals surface area contributed by atoms with Gasteiger partial charge in [-0.05, 0) is 50.0 Å². The third-order valence-electron chi connectivity index (χ3n) is 4.91. The van der Waals surface area contributed by atoms with Crippen molar-refractivity contribution in [1.82, 2.24) is 10.6 Å². The van der Waals surface area contributed by atoms with Crippen LogP contribution in [0, 0.1) is 16.0 Å². The minimum Gasteiger partial charge on any atom is -0.368 e. The Morgan fingerprint density at radius 1 is 1.26 bits per heavy atom. The van der Waals surface area contributed by atoms with Crippen molar-refractivity contribution >= 4 is 46.6 Å². The van der Waals surface area contributed by atoms with Crippen molar-refractivity contribution in [2.45, 2.75) is 32.7 Å². The highest BCUT2D eigenvalue weighted by atomic mass is 32.1. The molecule has 2 atom stereocenters. The zero-order valence-corrected chi connectivity index (χ0v) is 15.8. The van der Waals surface area contributed by atoms with Crippen molar-refractivity contribution in [1.29, 1.82) is 0 Å². The fourth-order valence-corrected chi connectivity index (χ4v) is 3.75. The molecule has 142 valence electrons. The van der Waals surface area contributed by atoms with Gasteiger partial charge in [-0.1, -0.05) is 6.92 Å². The molecule has 27 heavy (non-hydrogen) atoms. The standard InChI is InChI=1S/C18H20N4O4S/c1-10-5-6-21(11(2)7-10)15-4-3-13(22(25)26)8-12(15)9-14-16(23)19-18(27)20-17(14)24/h3-4,8-11H,5-7H2,1-2H3,(H2,19,20,23,24,27)/t10-,11+/m0/s1. The Kier molecular flexibility index (Phi) is 5.22.